The maximum Gasteiger partial charge on any atom is 0.243 e. The van der Waals surface area contributed by atoms with E-state index in [-0.39, 0.29) is 11.4 Å². The number of hydrogen-bond donors (Lipinski definition) is 1. The Morgan fingerprint density at radius 3 is 2.55 bits per heavy atom. The number of hydrogen-bond acceptors (Lipinski definition) is 7. The molecule has 0 fully saturated rings. The fourth-order valence-electron chi connectivity index (χ4n) is 3.32. The average molecular weight is 488 g/mol. The van der Waals surface area contributed by atoms with Gasteiger partial charge >= 0.3 is 0 Å². The van der Waals surface area contributed by atoms with E-state index in [1.54, 1.807) is 17.4 Å². The van der Waals surface area contributed by atoms with Crippen molar-refractivity contribution in [2.24, 2.45) is 0 Å². The van der Waals surface area contributed by atoms with Gasteiger partial charge in [-0.3, -0.25) is 4.79 Å². The highest BCUT2D eigenvalue weighted by Crippen LogP contribution is 2.32. The first-order valence-corrected chi connectivity index (χ1v) is 12.8. The van der Waals surface area contributed by atoms with Crippen LogP contribution in [0.1, 0.15) is 17.0 Å². The Kier molecular flexibility index (Phi) is 6.96. The van der Waals surface area contributed by atoms with Crippen LogP contribution >= 0.6 is 11.3 Å². The topological polar surface area (TPSA) is 97.8 Å². The van der Waals surface area contributed by atoms with Gasteiger partial charge in [0.2, 0.25) is 15.9 Å². The van der Waals surface area contributed by atoms with E-state index in [9.17, 15) is 13.2 Å². The van der Waals surface area contributed by atoms with Gasteiger partial charge in [0.15, 0.2) is 11.5 Å². The maximum absolute atomic E-state index is 12.9. The van der Waals surface area contributed by atoms with Crippen LogP contribution in [0, 0.1) is 6.92 Å². The lowest BCUT2D eigenvalue weighted by molar-refractivity contribution is -0.121. The van der Waals surface area contributed by atoms with E-state index in [4.69, 9.17) is 9.47 Å². The molecule has 0 aliphatic carbocycles. The van der Waals surface area contributed by atoms with Gasteiger partial charge in [-0.05, 0) is 24.6 Å². The van der Waals surface area contributed by atoms with Gasteiger partial charge in [0.1, 0.15) is 0 Å². The number of likely N-dealkylation sites (N-methyl/N-ethyl adjacent to an activating group) is 1. The van der Waals surface area contributed by atoms with Crippen molar-refractivity contribution in [3.63, 3.8) is 0 Å². The summed E-state index contributed by atoms with van der Waals surface area (Å²) in [6.07, 6.45) is 0.726. The normalized spacial score (nSPS) is 13.5. The molecule has 0 atom stereocenters. The predicted molar refractivity (Wildman–Crippen MR) is 126 cm³/mol. The number of sulfonamides is 1. The van der Waals surface area contributed by atoms with Gasteiger partial charge in [-0.25, -0.2) is 13.4 Å². The highest BCUT2D eigenvalue weighted by molar-refractivity contribution is 7.89. The van der Waals surface area contributed by atoms with Gasteiger partial charge in [0.05, 0.1) is 35.4 Å². The molecular weight excluding hydrogens is 462 g/mol. The Morgan fingerprint density at radius 1 is 1.12 bits per heavy atom. The zero-order valence-corrected chi connectivity index (χ0v) is 20.0. The number of thiazole rings is 1. The Bertz CT molecular complexity index is 1240. The molecule has 10 heteroatoms. The van der Waals surface area contributed by atoms with Crippen LogP contribution in [0.4, 0.5) is 0 Å². The van der Waals surface area contributed by atoms with Crippen molar-refractivity contribution >= 4 is 27.3 Å². The molecule has 0 bridgehead atoms. The van der Waals surface area contributed by atoms with E-state index in [0.717, 1.165) is 32.6 Å². The van der Waals surface area contributed by atoms with E-state index in [0.29, 0.717) is 31.3 Å². The second-order valence-corrected chi connectivity index (χ2v) is 10.8. The molecule has 8 nitrogen and oxygen atoms in total. The number of aromatic nitrogens is 1. The molecule has 2 heterocycles. The third-order valence-electron chi connectivity index (χ3n) is 5.15. The maximum atomic E-state index is 12.9. The summed E-state index contributed by atoms with van der Waals surface area (Å²) < 4.78 is 38.0. The first kappa shape index (κ1) is 23.2. The number of rotatable bonds is 7. The third kappa shape index (κ3) is 5.52. The monoisotopic (exact) mass is 487 g/mol. The first-order chi connectivity index (χ1) is 15.8. The number of benzene rings is 2. The van der Waals surface area contributed by atoms with Crippen LogP contribution < -0.4 is 14.8 Å². The molecule has 0 spiro atoms. The quantitative estimate of drug-likeness (QED) is 0.550. The zero-order chi connectivity index (χ0) is 23.4. The summed E-state index contributed by atoms with van der Waals surface area (Å²) in [6, 6.07) is 12.2. The Balaban J connectivity index is 1.34. The Labute approximate surface area is 197 Å². The molecule has 0 saturated heterocycles. The van der Waals surface area contributed by atoms with Crippen molar-refractivity contribution < 1.29 is 22.7 Å². The van der Waals surface area contributed by atoms with Gasteiger partial charge in [-0.1, -0.05) is 24.3 Å². The van der Waals surface area contributed by atoms with Gasteiger partial charge in [-0.2, -0.15) is 4.31 Å². The Hall–Kier alpha value is -2.95. The van der Waals surface area contributed by atoms with Gasteiger partial charge in [0, 0.05) is 37.0 Å². The number of nitrogens with zero attached hydrogens (tertiary/aromatic N) is 2. The average Bonchev–Trinajstić information content (AvgIpc) is 3.10. The van der Waals surface area contributed by atoms with Crippen LogP contribution in [-0.2, 0) is 21.4 Å². The van der Waals surface area contributed by atoms with Gasteiger partial charge < -0.3 is 14.8 Å². The predicted octanol–water partition coefficient (Wildman–Crippen LogP) is 3.22. The highest BCUT2D eigenvalue weighted by atomic mass is 32.2. The number of aryl methyl sites for hydroxylation is 1. The fourth-order valence-corrected chi connectivity index (χ4v) is 5.08. The third-order valence-corrected chi connectivity index (χ3v) is 7.72. The smallest absolute Gasteiger partial charge is 0.243 e. The van der Waals surface area contributed by atoms with E-state index in [1.807, 2.05) is 36.6 Å². The number of ether oxygens (including phenoxy) is 2. The molecule has 0 unspecified atom stereocenters. The van der Waals surface area contributed by atoms with Crippen LogP contribution in [-0.4, -0.2) is 50.4 Å². The lowest BCUT2D eigenvalue weighted by Crippen LogP contribution is -2.38. The van der Waals surface area contributed by atoms with Crippen LogP contribution in [0.5, 0.6) is 11.5 Å². The summed E-state index contributed by atoms with van der Waals surface area (Å²) in [5.41, 5.74) is 2.84. The second kappa shape index (κ2) is 9.90. The number of carbonyl (C=O) groups is 1. The van der Waals surface area contributed by atoms with Gasteiger partial charge in [-0.15, -0.1) is 11.3 Å². The molecule has 174 valence electrons. The van der Waals surface area contributed by atoms with Crippen molar-refractivity contribution in [2.45, 2.75) is 24.8 Å². The number of carbonyl (C=O) groups excluding carboxylic acids is 1. The minimum atomic E-state index is -3.87. The summed E-state index contributed by atoms with van der Waals surface area (Å²) in [6.45, 7) is 2.94. The van der Waals surface area contributed by atoms with Crippen molar-refractivity contribution in [1.29, 1.82) is 0 Å². The molecule has 1 aromatic heterocycles. The fraction of sp³-hybridized carbons (Fsp3) is 0.304. The van der Waals surface area contributed by atoms with E-state index < -0.39 is 15.9 Å². The highest BCUT2D eigenvalue weighted by Gasteiger charge is 2.25. The summed E-state index contributed by atoms with van der Waals surface area (Å²) in [7, 11) is -2.49. The van der Waals surface area contributed by atoms with Crippen LogP contribution in [0.15, 0.2) is 52.7 Å². The first-order valence-electron chi connectivity index (χ1n) is 10.5. The lowest BCUT2D eigenvalue weighted by atomic mass is 10.1. The molecular formula is C23H25N3O5S2. The van der Waals surface area contributed by atoms with Gasteiger partial charge in [0.25, 0.3) is 0 Å². The molecule has 1 N–H and O–H groups in total. The number of fused-ring (bicyclic) bond motifs is 1. The molecule has 1 amide bonds. The summed E-state index contributed by atoms with van der Waals surface area (Å²) >= 11 is 1.60. The minimum Gasteiger partial charge on any atom is -0.490 e. The van der Waals surface area contributed by atoms with Crippen molar-refractivity contribution in [3.05, 3.63) is 58.4 Å². The van der Waals surface area contributed by atoms with Crippen molar-refractivity contribution in [2.75, 3.05) is 26.8 Å². The molecule has 0 radical (unpaired) electrons. The lowest BCUT2D eigenvalue weighted by Gasteiger charge is -2.18. The zero-order valence-electron chi connectivity index (χ0n) is 18.4. The minimum absolute atomic E-state index is 0.0508. The molecule has 4 rings (SSSR count). The molecule has 1 aliphatic heterocycles. The van der Waals surface area contributed by atoms with Crippen LogP contribution in [0.3, 0.4) is 0 Å². The van der Waals surface area contributed by atoms with Crippen molar-refractivity contribution in [1.82, 2.24) is 14.6 Å². The Morgan fingerprint density at radius 2 is 1.85 bits per heavy atom. The second-order valence-electron chi connectivity index (χ2n) is 7.65. The molecule has 3 aromatic rings. The summed E-state index contributed by atoms with van der Waals surface area (Å²) in [5, 5.41) is 5.78. The standard InChI is InChI=1S/C23H25N3O5S2/c1-16-25-20(15-32-16)18-6-4-17(5-7-18)13-24-23(27)14-26(2)33(28,29)19-8-9-21-22(12-19)31-11-3-10-30-21/h4-9,12,15H,3,10-11,13-14H2,1-2H3,(H,24,27). The van der Waals surface area contributed by atoms with Crippen LogP contribution in [0.2, 0.25) is 0 Å². The van der Waals surface area contributed by atoms with E-state index in [1.165, 1.54) is 19.2 Å². The van der Waals surface area contributed by atoms with E-state index in [2.05, 4.69) is 10.3 Å². The van der Waals surface area contributed by atoms with E-state index >= 15 is 0 Å². The summed E-state index contributed by atoms with van der Waals surface area (Å²) in [4.78, 5) is 16.9. The molecule has 33 heavy (non-hydrogen) atoms. The van der Waals surface area contributed by atoms with Crippen LogP contribution in [0.25, 0.3) is 11.3 Å². The molecule has 0 saturated carbocycles. The van der Waals surface area contributed by atoms with Crippen molar-refractivity contribution in [3.8, 4) is 22.8 Å². The largest absolute Gasteiger partial charge is 0.490 e. The number of amides is 1. The molecule has 2 aromatic carbocycles. The SMILES string of the molecule is Cc1nc(-c2ccc(CNC(=O)CN(C)S(=O)(=O)c3ccc4c(c3)OCCCO4)cc2)cs1. The summed E-state index contributed by atoms with van der Waals surface area (Å²) in [5.74, 6) is 0.514. The molecule has 1 aliphatic rings. The number of nitrogens with one attached hydrogen (secondary N) is 1.